The van der Waals surface area contributed by atoms with Gasteiger partial charge in [0.15, 0.2) is 0 Å². The van der Waals surface area contributed by atoms with Crippen molar-refractivity contribution in [3.05, 3.63) is 29.5 Å². The van der Waals surface area contributed by atoms with Crippen LogP contribution in [0.25, 0.3) is 0 Å². The van der Waals surface area contributed by atoms with Gasteiger partial charge in [0.1, 0.15) is 5.15 Å². The summed E-state index contributed by atoms with van der Waals surface area (Å²) in [6.07, 6.45) is 1.66. The first kappa shape index (κ1) is 7.96. The molecule has 0 N–H and O–H groups in total. The van der Waals surface area contributed by atoms with Crippen LogP contribution in [0.1, 0.15) is 0 Å². The molecule has 0 aromatic carbocycles. The third-order valence-electron chi connectivity index (χ3n) is 0.629. The SMILES string of the molecule is Clc1ccccn1.[Cu]. The fourth-order valence-electron chi connectivity index (χ4n) is 0.342. The van der Waals surface area contributed by atoms with Gasteiger partial charge in [-0.3, -0.25) is 0 Å². The second-order valence-corrected chi connectivity index (χ2v) is 1.54. The zero-order valence-electron chi connectivity index (χ0n) is 3.94. The summed E-state index contributed by atoms with van der Waals surface area (Å²) < 4.78 is 0. The van der Waals surface area contributed by atoms with Gasteiger partial charge in [0.2, 0.25) is 0 Å². The second-order valence-electron chi connectivity index (χ2n) is 1.15. The van der Waals surface area contributed by atoms with E-state index in [0.29, 0.717) is 5.15 Å². The first-order chi connectivity index (χ1) is 3.39. The van der Waals surface area contributed by atoms with Crippen LogP contribution in [0.15, 0.2) is 24.4 Å². The number of nitrogens with zero attached hydrogens (tertiary/aromatic N) is 1. The summed E-state index contributed by atoms with van der Waals surface area (Å²) in [5.41, 5.74) is 0. The van der Waals surface area contributed by atoms with Crippen molar-refractivity contribution in [2.45, 2.75) is 0 Å². The average Bonchev–Trinajstić information content (AvgIpc) is 1.69. The third kappa shape index (κ3) is 2.31. The van der Waals surface area contributed by atoms with Crippen molar-refractivity contribution in [3.63, 3.8) is 0 Å². The minimum Gasteiger partial charge on any atom is -0.245 e. The molecule has 1 aromatic heterocycles. The van der Waals surface area contributed by atoms with E-state index in [-0.39, 0.29) is 17.1 Å². The monoisotopic (exact) mass is 176 g/mol. The molecule has 1 rings (SSSR count). The van der Waals surface area contributed by atoms with Gasteiger partial charge >= 0.3 is 0 Å². The molecule has 0 saturated heterocycles. The van der Waals surface area contributed by atoms with Crippen LogP contribution in [0.3, 0.4) is 0 Å². The number of rotatable bonds is 0. The molecule has 0 aliphatic rings. The molecule has 0 fully saturated rings. The van der Waals surface area contributed by atoms with Crippen molar-refractivity contribution in [1.82, 2.24) is 4.98 Å². The Balaban J connectivity index is 0.000000490. The molecule has 0 aliphatic carbocycles. The van der Waals surface area contributed by atoms with E-state index in [4.69, 9.17) is 11.6 Å². The largest absolute Gasteiger partial charge is 0.245 e. The van der Waals surface area contributed by atoms with Crippen LogP contribution in [0, 0.1) is 0 Å². The summed E-state index contributed by atoms with van der Waals surface area (Å²) in [5, 5.41) is 0.544. The summed E-state index contributed by atoms with van der Waals surface area (Å²) in [4.78, 5) is 3.74. The molecule has 0 aliphatic heterocycles. The average molecular weight is 177 g/mol. The van der Waals surface area contributed by atoms with Crippen molar-refractivity contribution in [2.75, 3.05) is 0 Å². The van der Waals surface area contributed by atoms with E-state index in [2.05, 4.69) is 4.98 Å². The van der Waals surface area contributed by atoms with Crippen molar-refractivity contribution in [2.24, 2.45) is 0 Å². The molecule has 0 spiro atoms. The molecule has 8 heavy (non-hydrogen) atoms. The summed E-state index contributed by atoms with van der Waals surface area (Å²) in [6.45, 7) is 0. The molecule has 1 aromatic rings. The molecular formula is C5H4ClCuN. The van der Waals surface area contributed by atoms with Gasteiger partial charge in [0.05, 0.1) is 0 Å². The van der Waals surface area contributed by atoms with Crippen LogP contribution in [0.2, 0.25) is 5.15 Å². The fourth-order valence-corrected chi connectivity index (χ4v) is 0.471. The molecule has 1 radical (unpaired) electrons. The van der Waals surface area contributed by atoms with Crippen molar-refractivity contribution in [3.8, 4) is 0 Å². The van der Waals surface area contributed by atoms with Crippen LogP contribution < -0.4 is 0 Å². The molecule has 0 saturated carbocycles. The zero-order chi connectivity index (χ0) is 5.11. The molecule has 0 bridgehead atoms. The Morgan fingerprint density at radius 3 is 2.38 bits per heavy atom. The van der Waals surface area contributed by atoms with Crippen LogP contribution in [0.5, 0.6) is 0 Å². The van der Waals surface area contributed by atoms with E-state index in [1.165, 1.54) is 0 Å². The molecule has 3 heteroatoms. The summed E-state index contributed by atoms with van der Waals surface area (Å²) >= 11 is 5.43. The Kier molecular flexibility index (Phi) is 3.88. The standard InChI is InChI=1S/C5H4ClN.Cu/c6-5-3-1-2-4-7-5;/h1-4H;. The fraction of sp³-hybridized carbons (Fsp3) is 0. The van der Waals surface area contributed by atoms with Crippen LogP contribution in [-0.2, 0) is 17.1 Å². The minimum atomic E-state index is 0. The van der Waals surface area contributed by atoms with Gasteiger partial charge in [0.25, 0.3) is 0 Å². The molecule has 1 nitrogen and oxygen atoms in total. The molecule has 1 heterocycles. The van der Waals surface area contributed by atoms with Crippen molar-refractivity contribution >= 4 is 11.6 Å². The smallest absolute Gasteiger partial charge is 0.129 e. The van der Waals surface area contributed by atoms with E-state index in [1.807, 2.05) is 12.1 Å². The normalized spacial score (nSPS) is 7.62. The van der Waals surface area contributed by atoms with Crippen molar-refractivity contribution < 1.29 is 17.1 Å². The predicted molar refractivity (Wildman–Crippen MR) is 29.2 cm³/mol. The Bertz CT molecular complexity index is 142. The van der Waals surface area contributed by atoms with Crippen LogP contribution >= 0.6 is 11.6 Å². The van der Waals surface area contributed by atoms with Gasteiger partial charge in [-0.2, -0.15) is 0 Å². The summed E-state index contributed by atoms with van der Waals surface area (Å²) in [5.74, 6) is 0. The van der Waals surface area contributed by atoms with Gasteiger partial charge in [-0.15, -0.1) is 0 Å². The molecule has 47 valence electrons. The van der Waals surface area contributed by atoms with E-state index in [9.17, 15) is 0 Å². The van der Waals surface area contributed by atoms with Gasteiger partial charge in [0, 0.05) is 23.3 Å². The maximum atomic E-state index is 5.43. The number of hydrogen-bond donors (Lipinski definition) is 0. The molecule has 0 atom stereocenters. The van der Waals surface area contributed by atoms with Crippen molar-refractivity contribution in [1.29, 1.82) is 0 Å². The number of hydrogen-bond acceptors (Lipinski definition) is 1. The second kappa shape index (κ2) is 3.90. The topological polar surface area (TPSA) is 12.9 Å². The number of halogens is 1. The van der Waals surface area contributed by atoms with Gasteiger partial charge in [-0.1, -0.05) is 17.7 Å². The van der Waals surface area contributed by atoms with E-state index < -0.39 is 0 Å². The van der Waals surface area contributed by atoms with Gasteiger partial charge < -0.3 is 0 Å². The Morgan fingerprint density at radius 2 is 2.12 bits per heavy atom. The van der Waals surface area contributed by atoms with E-state index in [0.717, 1.165) is 0 Å². The molecule has 0 amide bonds. The predicted octanol–water partition coefficient (Wildman–Crippen LogP) is 1.73. The van der Waals surface area contributed by atoms with Crippen LogP contribution in [0.4, 0.5) is 0 Å². The maximum absolute atomic E-state index is 5.43. The number of aromatic nitrogens is 1. The minimum absolute atomic E-state index is 0. The van der Waals surface area contributed by atoms with E-state index in [1.54, 1.807) is 12.3 Å². The first-order valence-electron chi connectivity index (χ1n) is 1.96. The summed E-state index contributed by atoms with van der Waals surface area (Å²) in [6, 6.07) is 5.41. The molecular weight excluding hydrogens is 173 g/mol. The third-order valence-corrected chi connectivity index (χ3v) is 0.852. The molecule has 0 unspecified atom stereocenters. The Labute approximate surface area is 63.5 Å². The Hall–Kier alpha value is -0.0405. The first-order valence-corrected chi connectivity index (χ1v) is 2.34. The summed E-state index contributed by atoms with van der Waals surface area (Å²) in [7, 11) is 0. The van der Waals surface area contributed by atoms with Crippen LogP contribution in [-0.4, -0.2) is 4.98 Å². The quantitative estimate of drug-likeness (QED) is 0.434. The van der Waals surface area contributed by atoms with Gasteiger partial charge in [-0.05, 0) is 12.1 Å². The zero-order valence-corrected chi connectivity index (χ0v) is 5.63. The maximum Gasteiger partial charge on any atom is 0.129 e. The van der Waals surface area contributed by atoms with Gasteiger partial charge in [-0.25, -0.2) is 4.98 Å². The number of pyridine rings is 1. The Morgan fingerprint density at radius 1 is 1.38 bits per heavy atom. The van der Waals surface area contributed by atoms with E-state index >= 15 is 0 Å².